The number of hydrogen-bond acceptors (Lipinski definition) is 7. The van der Waals surface area contributed by atoms with Crippen LogP contribution in [0.4, 0.5) is 17.1 Å². The van der Waals surface area contributed by atoms with Gasteiger partial charge in [0, 0.05) is 23.2 Å². The van der Waals surface area contributed by atoms with E-state index in [4.69, 9.17) is 9.47 Å². The van der Waals surface area contributed by atoms with E-state index in [0.29, 0.717) is 28.9 Å². The zero-order chi connectivity index (χ0) is 18.7. The van der Waals surface area contributed by atoms with Crippen molar-refractivity contribution in [3.05, 3.63) is 52.7 Å². The van der Waals surface area contributed by atoms with E-state index >= 15 is 0 Å². The summed E-state index contributed by atoms with van der Waals surface area (Å²) in [5.74, 6) is 0.750. The monoisotopic (exact) mass is 355 g/mol. The van der Waals surface area contributed by atoms with Gasteiger partial charge in [0.25, 0.3) is 0 Å². The van der Waals surface area contributed by atoms with Gasteiger partial charge >= 0.3 is 5.69 Å². The lowest BCUT2D eigenvalue weighted by Gasteiger charge is -2.13. The van der Waals surface area contributed by atoms with Gasteiger partial charge in [-0.15, -0.1) is 0 Å². The molecule has 0 fully saturated rings. The maximum atomic E-state index is 11.4. The number of aromatic nitrogens is 1. The SMILES string of the molecule is CCOc1cccc(Nc2c([N+](=O)[O-])cnc3cc(OC)c(O)cc23)c1. The van der Waals surface area contributed by atoms with Gasteiger partial charge in [-0.05, 0) is 25.1 Å². The van der Waals surface area contributed by atoms with Crippen molar-refractivity contribution in [3.63, 3.8) is 0 Å². The van der Waals surface area contributed by atoms with Gasteiger partial charge in [0.15, 0.2) is 11.5 Å². The highest BCUT2D eigenvalue weighted by atomic mass is 16.6. The van der Waals surface area contributed by atoms with Gasteiger partial charge in [0.2, 0.25) is 0 Å². The number of rotatable bonds is 6. The molecule has 2 N–H and O–H groups in total. The Hall–Kier alpha value is -3.55. The van der Waals surface area contributed by atoms with Gasteiger partial charge in [-0.25, -0.2) is 4.98 Å². The summed E-state index contributed by atoms with van der Waals surface area (Å²) in [6, 6.07) is 10.00. The van der Waals surface area contributed by atoms with Gasteiger partial charge in [-0.2, -0.15) is 0 Å². The van der Waals surface area contributed by atoms with Gasteiger partial charge < -0.3 is 19.9 Å². The van der Waals surface area contributed by atoms with Gasteiger partial charge in [0.1, 0.15) is 17.6 Å². The maximum absolute atomic E-state index is 11.4. The second kappa shape index (κ2) is 7.14. The second-order valence-electron chi connectivity index (χ2n) is 5.40. The summed E-state index contributed by atoms with van der Waals surface area (Å²) in [6.45, 7) is 2.38. The minimum absolute atomic E-state index is 0.131. The first-order valence-corrected chi connectivity index (χ1v) is 7.87. The molecule has 3 aromatic rings. The Morgan fingerprint density at radius 3 is 2.81 bits per heavy atom. The Morgan fingerprint density at radius 1 is 1.31 bits per heavy atom. The zero-order valence-electron chi connectivity index (χ0n) is 14.2. The molecule has 2 aromatic carbocycles. The first kappa shape index (κ1) is 17.3. The lowest BCUT2D eigenvalue weighted by atomic mass is 10.1. The molecule has 0 aliphatic rings. The van der Waals surface area contributed by atoms with E-state index < -0.39 is 4.92 Å². The first-order valence-electron chi connectivity index (χ1n) is 7.87. The number of hydrogen-bond donors (Lipinski definition) is 2. The molecule has 0 amide bonds. The molecule has 134 valence electrons. The number of fused-ring (bicyclic) bond motifs is 1. The fourth-order valence-corrected chi connectivity index (χ4v) is 2.61. The van der Waals surface area contributed by atoms with Crippen molar-refractivity contribution >= 4 is 28.0 Å². The normalized spacial score (nSPS) is 10.5. The van der Waals surface area contributed by atoms with Gasteiger partial charge in [-0.3, -0.25) is 10.1 Å². The lowest BCUT2D eigenvalue weighted by Crippen LogP contribution is -2.00. The number of nitrogens with one attached hydrogen (secondary N) is 1. The topological polar surface area (TPSA) is 107 Å². The van der Waals surface area contributed by atoms with Crippen LogP contribution in [0.1, 0.15) is 6.92 Å². The summed E-state index contributed by atoms with van der Waals surface area (Å²) >= 11 is 0. The summed E-state index contributed by atoms with van der Waals surface area (Å²) in [4.78, 5) is 15.0. The number of aromatic hydroxyl groups is 1. The number of anilines is 2. The quantitative estimate of drug-likeness (QED) is 0.508. The minimum Gasteiger partial charge on any atom is -0.504 e. The molecule has 0 bridgehead atoms. The molecule has 1 aromatic heterocycles. The summed E-state index contributed by atoms with van der Waals surface area (Å²) < 4.78 is 10.5. The molecule has 8 heteroatoms. The van der Waals surface area contributed by atoms with E-state index in [-0.39, 0.29) is 22.9 Å². The molecule has 0 saturated carbocycles. The predicted molar refractivity (Wildman–Crippen MR) is 97.5 cm³/mol. The highest BCUT2D eigenvalue weighted by Gasteiger charge is 2.20. The second-order valence-corrected chi connectivity index (χ2v) is 5.40. The molecule has 0 atom stereocenters. The number of methoxy groups -OCH3 is 1. The number of benzene rings is 2. The molecular formula is C18H17N3O5. The van der Waals surface area contributed by atoms with Crippen molar-refractivity contribution in [1.29, 1.82) is 0 Å². The van der Waals surface area contributed by atoms with Crippen LogP contribution >= 0.6 is 0 Å². The molecular weight excluding hydrogens is 338 g/mol. The highest BCUT2D eigenvalue weighted by Crippen LogP contribution is 2.39. The number of pyridine rings is 1. The number of phenols is 1. The van der Waals surface area contributed by atoms with Crippen molar-refractivity contribution < 1.29 is 19.5 Å². The average Bonchev–Trinajstić information content (AvgIpc) is 2.62. The molecule has 0 radical (unpaired) electrons. The number of nitro groups is 1. The molecule has 26 heavy (non-hydrogen) atoms. The Morgan fingerprint density at radius 2 is 2.12 bits per heavy atom. The minimum atomic E-state index is -0.525. The first-order chi connectivity index (χ1) is 12.5. The Labute approximate surface area is 149 Å². The molecule has 8 nitrogen and oxygen atoms in total. The number of nitrogens with zero attached hydrogens (tertiary/aromatic N) is 2. The molecule has 1 heterocycles. The van der Waals surface area contributed by atoms with Crippen LogP contribution in [0, 0.1) is 10.1 Å². The van der Waals surface area contributed by atoms with E-state index in [2.05, 4.69) is 10.3 Å². The van der Waals surface area contributed by atoms with Crippen LogP contribution in [0.15, 0.2) is 42.6 Å². The van der Waals surface area contributed by atoms with Gasteiger partial charge in [-0.1, -0.05) is 6.07 Å². The summed E-state index contributed by atoms with van der Waals surface area (Å²) in [5, 5.41) is 25.0. The van der Waals surface area contributed by atoms with Crippen LogP contribution in [0.25, 0.3) is 10.9 Å². The Bertz CT molecular complexity index is 974. The van der Waals surface area contributed by atoms with E-state index in [9.17, 15) is 15.2 Å². The van der Waals surface area contributed by atoms with E-state index in [1.54, 1.807) is 24.3 Å². The van der Waals surface area contributed by atoms with Crippen molar-refractivity contribution in [3.8, 4) is 17.2 Å². The predicted octanol–water partition coefficient (Wildman–Crippen LogP) is 4.00. The van der Waals surface area contributed by atoms with E-state index in [0.717, 1.165) is 0 Å². The molecule has 0 aliphatic carbocycles. The van der Waals surface area contributed by atoms with E-state index in [1.165, 1.54) is 25.4 Å². The standard InChI is InChI=1S/C18H17N3O5/c1-3-26-12-6-4-5-11(7-12)20-18-13-8-16(22)17(25-2)9-14(13)19-10-15(18)21(23)24/h4-10,22H,3H2,1-2H3,(H,19,20). The van der Waals surface area contributed by atoms with Gasteiger partial charge in [0.05, 0.1) is 24.2 Å². The summed E-state index contributed by atoms with van der Waals surface area (Å²) in [7, 11) is 1.42. The Balaban J connectivity index is 2.15. The van der Waals surface area contributed by atoms with Crippen LogP contribution in [0.5, 0.6) is 17.2 Å². The molecule has 0 saturated heterocycles. The molecule has 0 unspecified atom stereocenters. The smallest absolute Gasteiger partial charge is 0.311 e. The molecule has 3 rings (SSSR count). The maximum Gasteiger partial charge on any atom is 0.311 e. The Kier molecular flexibility index (Phi) is 4.74. The van der Waals surface area contributed by atoms with Crippen LogP contribution in [0.2, 0.25) is 0 Å². The van der Waals surface area contributed by atoms with E-state index in [1.807, 2.05) is 6.92 Å². The largest absolute Gasteiger partial charge is 0.504 e. The average molecular weight is 355 g/mol. The fraction of sp³-hybridized carbons (Fsp3) is 0.167. The van der Waals surface area contributed by atoms with Crippen molar-refractivity contribution in [2.24, 2.45) is 0 Å². The fourth-order valence-electron chi connectivity index (χ4n) is 2.61. The third-order valence-electron chi connectivity index (χ3n) is 3.76. The number of ether oxygens (including phenoxy) is 2. The lowest BCUT2D eigenvalue weighted by molar-refractivity contribution is -0.384. The summed E-state index contributed by atoms with van der Waals surface area (Å²) in [5.41, 5.74) is 1.09. The van der Waals surface area contributed by atoms with Crippen LogP contribution in [-0.4, -0.2) is 28.7 Å². The van der Waals surface area contributed by atoms with Crippen molar-refractivity contribution in [2.45, 2.75) is 6.92 Å². The summed E-state index contributed by atoms with van der Waals surface area (Å²) in [6.07, 6.45) is 1.17. The zero-order valence-corrected chi connectivity index (χ0v) is 14.2. The highest BCUT2D eigenvalue weighted by molar-refractivity contribution is 5.99. The van der Waals surface area contributed by atoms with Crippen molar-refractivity contribution in [2.75, 3.05) is 19.0 Å². The molecule has 0 aliphatic heterocycles. The third kappa shape index (κ3) is 3.30. The van der Waals surface area contributed by atoms with Crippen molar-refractivity contribution in [1.82, 2.24) is 4.98 Å². The molecule has 0 spiro atoms. The van der Waals surface area contributed by atoms with Crippen LogP contribution in [-0.2, 0) is 0 Å². The van der Waals surface area contributed by atoms with Crippen LogP contribution < -0.4 is 14.8 Å². The third-order valence-corrected chi connectivity index (χ3v) is 3.76. The van der Waals surface area contributed by atoms with Crippen LogP contribution in [0.3, 0.4) is 0 Å². The number of phenolic OH excluding ortho intramolecular Hbond substituents is 1.